The predicted molar refractivity (Wildman–Crippen MR) is 46.6 cm³/mol. The minimum absolute atomic E-state index is 0.0177. The highest BCUT2D eigenvalue weighted by Gasteiger charge is 2.10. The SMILES string of the molecule is NCCCCC(N)C(=O)CCl. The van der Waals surface area contributed by atoms with E-state index in [-0.39, 0.29) is 17.7 Å². The Balaban J connectivity index is 3.36. The molecule has 0 spiro atoms. The van der Waals surface area contributed by atoms with E-state index in [9.17, 15) is 4.79 Å². The van der Waals surface area contributed by atoms with E-state index in [1.165, 1.54) is 0 Å². The summed E-state index contributed by atoms with van der Waals surface area (Å²) in [7, 11) is 0. The summed E-state index contributed by atoms with van der Waals surface area (Å²) in [5.41, 5.74) is 10.8. The summed E-state index contributed by atoms with van der Waals surface area (Å²) in [5, 5.41) is 0. The number of ketones is 1. The van der Waals surface area contributed by atoms with Crippen LogP contribution in [0.1, 0.15) is 19.3 Å². The number of hydrogen-bond donors (Lipinski definition) is 2. The van der Waals surface area contributed by atoms with E-state index < -0.39 is 0 Å². The summed E-state index contributed by atoms with van der Waals surface area (Å²) in [6, 6.07) is -0.390. The van der Waals surface area contributed by atoms with Gasteiger partial charge in [-0.1, -0.05) is 6.42 Å². The van der Waals surface area contributed by atoms with Crippen LogP contribution < -0.4 is 11.5 Å². The maximum absolute atomic E-state index is 10.8. The zero-order valence-electron chi connectivity index (χ0n) is 6.55. The molecule has 0 aromatic heterocycles. The number of carbonyl (C=O) groups is 1. The molecule has 0 amide bonds. The van der Waals surface area contributed by atoms with Crippen LogP contribution >= 0.6 is 11.6 Å². The third kappa shape index (κ3) is 5.18. The maximum Gasteiger partial charge on any atom is 0.164 e. The van der Waals surface area contributed by atoms with Gasteiger partial charge in [0.1, 0.15) is 0 Å². The Labute approximate surface area is 72.1 Å². The van der Waals surface area contributed by atoms with E-state index in [0.717, 1.165) is 12.8 Å². The first kappa shape index (κ1) is 10.9. The van der Waals surface area contributed by atoms with Crippen LogP contribution in [0.2, 0.25) is 0 Å². The summed E-state index contributed by atoms with van der Waals surface area (Å²) >= 11 is 5.31. The van der Waals surface area contributed by atoms with Crippen molar-refractivity contribution in [3.63, 3.8) is 0 Å². The van der Waals surface area contributed by atoms with Gasteiger partial charge in [-0.3, -0.25) is 4.79 Å². The number of halogens is 1. The van der Waals surface area contributed by atoms with Crippen molar-refractivity contribution in [2.24, 2.45) is 11.5 Å². The minimum atomic E-state index is -0.390. The van der Waals surface area contributed by atoms with Gasteiger partial charge in [0.05, 0.1) is 11.9 Å². The van der Waals surface area contributed by atoms with Crippen molar-refractivity contribution in [2.45, 2.75) is 25.3 Å². The van der Waals surface area contributed by atoms with Crippen molar-refractivity contribution in [3.8, 4) is 0 Å². The summed E-state index contributed by atoms with van der Waals surface area (Å²) < 4.78 is 0. The quantitative estimate of drug-likeness (QED) is 0.453. The highest BCUT2D eigenvalue weighted by Crippen LogP contribution is 1.99. The Hall–Kier alpha value is -0.120. The molecule has 11 heavy (non-hydrogen) atoms. The molecule has 66 valence electrons. The summed E-state index contributed by atoms with van der Waals surface area (Å²) in [6.07, 6.45) is 2.52. The average Bonchev–Trinajstić information content (AvgIpc) is 2.03. The molecule has 0 aromatic rings. The fourth-order valence-electron chi connectivity index (χ4n) is 0.769. The molecule has 1 unspecified atom stereocenters. The number of Topliss-reactive ketones (excluding diaryl/α,β-unsaturated/α-hetero) is 1. The molecule has 0 rings (SSSR count). The normalized spacial score (nSPS) is 13.0. The van der Waals surface area contributed by atoms with E-state index in [2.05, 4.69) is 0 Å². The lowest BCUT2D eigenvalue weighted by atomic mass is 10.1. The molecule has 3 nitrogen and oxygen atoms in total. The molecule has 0 radical (unpaired) electrons. The second-order valence-electron chi connectivity index (χ2n) is 2.49. The van der Waals surface area contributed by atoms with Gasteiger partial charge >= 0.3 is 0 Å². The van der Waals surface area contributed by atoms with E-state index in [1.807, 2.05) is 0 Å². The largest absolute Gasteiger partial charge is 0.330 e. The lowest BCUT2D eigenvalue weighted by molar-refractivity contribution is -0.118. The molecule has 4 heteroatoms. The zero-order valence-corrected chi connectivity index (χ0v) is 7.31. The van der Waals surface area contributed by atoms with Crippen LogP contribution in [0, 0.1) is 0 Å². The third-order valence-electron chi connectivity index (χ3n) is 1.51. The van der Waals surface area contributed by atoms with Crippen LogP contribution in [0.4, 0.5) is 0 Å². The summed E-state index contributed by atoms with van der Waals surface area (Å²) in [4.78, 5) is 10.8. The van der Waals surface area contributed by atoms with Crippen LogP contribution in [0.25, 0.3) is 0 Å². The molecule has 0 aliphatic heterocycles. The third-order valence-corrected chi connectivity index (χ3v) is 1.78. The van der Waals surface area contributed by atoms with Gasteiger partial charge in [-0.05, 0) is 19.4 Å². The van der Waals surface area contributed by atoms with Crippen molar-refractivity contribution in [1.82, 2.24) is 0 Å². The maximum atomic E-state index is 10.8. The summed E-state index contributed by atoms with van der Waals surface area (Å²) in [6.45, 7) is 0.655. The zero-order chi connectivity index (χ0) is 8.69. The molecular weight excluding hydrogens is 164 g/mol. The van der Waals surface area contributed by atoms with Gasteiger partial charge in [-0.2, -0.15) is 0 Å². The molecule has 0 saturated heterocycles. The van der Waals surface area contributed by atoms with Crippen LogP contribution in [0.15, 0.2) is 0 Å². The van der Waals surface area contributed by atoms with Crippen LogP contribution in [0.3, 0.4) is 0 Å². The Morgan fingerprint density at radius 2 is 2.09 bits per heavy atom. The molecule has 1 atom stereocenters. The van der Waals surface area contributed by atoms with Crippen molar-refractivity contribution < 1.29 is 4.79 Å². The molecule has 0 aromatic carbocycles. The molecule has 4 N–H and O–H groups in total. The minimum Gasteiger partial charge on any atom is -0.330 e. The highest BCUT2D eigenvalue weighted by molar-refractivity contribution is 6.28. The van der Waals surface area contributed by atoms with Gasteiger partial charge in [0, 0.05) is 0 Å². The molecule has 0 bridgehead atoms. The second kappa shape index (κ2) is 6.58. The number of rotatable bonds is 6. The predicted octanol–water partition coefficient (Wildman–Crippen LogP) is 0.251. The summed E-state index contributed by atoms with van der Waals surface area (Å²) in [5.74, 6) is -0.0623. The first-order valence-electron chi connectivity index (χ1n) is 3.76. The molecule has 0 heterocycles. The Morgan fingerprint density at radius 3 is 2.55 bits per heavy atom. The number of nitrogens with two attached hydrogens (primary N) is 2. The van der Waals surface area contributed by atoms with Gasteiger partial charge < -0.3 is 11.5 Å². The number of alkyl halides is 1. The van der Waals surface area contributed by atoms with Crippen LogP contribution in [-0.4, -0.2) is 24.2 Å². The fraction of sp³-hybridized carbons (Fsp3) is 0.857. The topological polar surface area (TPSA) is 69.1 Å². The standard InChI is InChI=1S/C7H15ClN2O/c8-5-7(11)6(10)3-1-2-4-9/h6H,1-5,9-10H2. The highest BCUT2D eigenvalue weighted by atomic mass is 35.5. The number of carbonyl (C=O) groups excluding carboxylic acids is 1. The lowest BCUT2D eigenvalue weighted by Crippen LogP contribution is -2.31. The smallest absolute Gasteiger partial charge is 0.164 e. The van der Waals surface area contributed by atoms with Gasteiger partial charge in [0.2, 0.25) is 0 Å². The fourth-order valence-corrected chi connectivity index (χ4v) is 0.967. The van der Waals surface area contributed by atoms with E-state index in [4.69, 9.17) is 23.1 Å². The van der Waals surface area contributed by atoms with Crippen molar-refractivity contribution in [1.29, 1.82) is 0 Å². The van der Waals surface area contributed by atoms with Crippen molar-refractivity contribution in [3.05, 3.63) is 0 Å². The van der Waals surface area contributed by atoms with Gasteiger partial charge in [0.15, 0.2) is 5.78 Å². The Bertz CT molecular complexity index is 119. The van der Waals surface area contributed by atoms with Crippen molar-refractivity contribution in [2.75, 3.05) is 12.4 Å². The Kier molecular flexibility index (Phi) is 6.51. The first-order chi connectivity index (χ1) is 5.22. The first-order valence-corrected chi connectivity index (χ1v) is 4.30. The number of unbranched alkanes of at least 4 members (excludes halogenated alkanes) is 1. The monoisotopic (exact) mass is 178 g/mol. The average molecular weight is 179 g/mol. The van der Waals surface area contributed by atoms with Crippen molar-refractivity contribution >= 4 is 17.4 Å². The van der Waals surface area contributed by atoms with E-state index >= 15 is 0 Å². The van der Waals surface area contributed by atoms with Gasteiger partial charge in [-0.25, -0.2) is 0 Å². The van der Waals surface area contributed by atoms with E-state index in [0.29, 0.717) is 13.0 Å². The molecule has 0 aliphatic rings. The molecular formula is C7H15ClN2O. The van der Waals surface area contributed by atoms with Gasteiger partial charge in [-0.15, -0.1) is 11.6 Å². The van der Waals surface area contributed by atoms with Gasteiger partial charge in [0.25, 0.3) is 0 Å². The Morgan fingerprint density at radius 1 is 1.45 bits per heavy atom. The van der Waals surface area contributed by atoms with Crippen LogP contribution in [-0.2, 0) is 4.79 Å². The lowest BCUT2D eigenvalue weighted by Gasteiger charge is -2.06. The number of hydrogen-bond acceptors (Lipinski definition) is 3. The molecule has 0 aliphatic carbocycles. The molecule has 0 saturated carbocycles. The van der Waals surface area contributed by atoms with E-state index in [1.54, 1.807) is 0 Å². The van der Waals surface area contributed by atoms with Crippen LogP contribution in [0.5, 0.6) is 0 Å². The molecule has 0 fully saturated rings. The second-order valence-corrected chi connectivity index (χ2v) is 2.76.